The van der Waals surface area contributed by atoms with Crippen LogP contribution in [0.2, 0.25) is 0 Å². The summed E-state index contributed by atoms with van der Waals surface area (Å²) in [4.78, 5) is 11.5. The normalized spacial score (nSPS) is 11.1. The van der Waals surface area contributed by atoms with Gasteiger partial charge in [0.1, 0.15) is 0 Å². The molecule has 0 bridgehead atoms. The van der Waals surface area contributed by atoms with Gasteiger partial charge < -0.3 is 5.32 Å². The fourth-order valence-electron chi connectivity index (χ4n) is 2.36. The SMILES string of the molecule is CCNC(=O)C=Cc1c(C)nn(Cc2ccc(C)cc2)c1C. The lowest BCUT2D eigenvalue weighted by Gasteiger charge is -2.05. The van der Waals surface area contributed by atoms with Crippen LogP contribution >= 0.6 is 0 Å². The van der Waals surface area contributed by atoms with E-state index >= 15 is 0 Å². The Morgan fingerprint density at radius 2 is 1.91 bits per heavy atom. The fraction of sp³-hybridized carbons (Fsp3) is 0.333. The van der Waals surface area contributed by atoms with Crippen molar-refractivity contribution in [2.45, 2.75) is 34.2 Å². The van der Waals surface area contributed by atoms with Gasteiger partial charge in [0.25, 0.3) is 0 Å². The van der Waals surface area contributed by atoms with E-state index in [0.29, 0.717) is 6.54 Å². The van der Waals surface area contributed by atoms with E-state index in [1.54, 1.807) is 6.08 Å². The molecule has 2 aromatic rings. The summed E-state index contributed by atoms with van der Waals surface area (Å²) in [5.41, 5.74) is 5.49. The summed E-state index contributed by atoms with van der Waals surface area (Å²) in [6.07, 6.45) is 3.41. The number of rotatable bonds is 5. The maximum atomic E-state index is 11.5. The van der Waals surface area contributed by atoms with Crippen LogP contribution in [0, 0.1) is 20.8 Å². The molecule has 1 aromatic carbocycles. The molecule has 0 saturated carbocycles. The zero-order valence-electron chi connectivity index (χ0n) is 13.7. The lowest BCUT2D eigenvalue weighted by molar-refractivity contribution is -0.116. The number of aryl methyl sites for hydroxylation is 2. The van der Waals surface area contributed by atoms with Gasteiger partial charge in [-0.15, -0.1) is 0 Å². The predicted octanol–water partition coefficient (Wildman–Crippen LogP) is 3.01. The molecule has 0 saturated heterocycles. The molecule has 4 nitrogen and oxygen atoms in total. The minimum atomic E-state index is -0.0763. The third-order valence-electron chi connectivity index (χ3n) is 3.64. The van der Waals surface area contributed by atoms with Gasteiger partial charge >= 0.3 is 0 Å². The van der Waals surface area contributed by atoms with Gasteiger partial charge in [-0.3, -0.25) is 9.48 Å². The summed E-state index contributed by atoms with van der Waals surface area (Å²) < 4.78 is 1.98. The molecule has 22 heavy (non-hydrogen) atoms. The van der Waals surface area contributed by atoms with Crippen LogP contribution in [0.15, 0.2) is 30.3 Å². The van der Waals surface area contributed by atoms with Crippen LogP contribution < -0.4 is 5.32 Å². The van der Waals surface area contributed by atoms with E-state index in [9.17, 15) is 4.79 Å². The molecular weight excluding hydrogens is 274 g/mol. The Labute approximate surface area is 131 Å². The number of nitrogens with zero attached hydrogens (tertiary/aromatic N) is 2. The summed E-state index contributed by atoms with van der Waals surface area (Å²) >= 11 is 0. The highest BCUT2D eigenvalue weighted by Gasteiger charge is 2.09. The molecule has 0 fully saturated rings. The smallest absolute Gasteiger partial charge is 0.243 e. The first kappa shape index (κ1) is 16.0. The van der Waals surface area contributed by atoms with Crippen LogP contribution in [-0.2, 0) is 11.3 Å². The Balaban J connectivity index is 2.19. The first-order valence-corrected chi connectivity index (χ1v) is 7.56. The monoisotopic (exact) mass is 297 g/mol. The Hall–Kier alpha value is -2.36. The molecule has 0 spiro atoms. The van der Waals surface area contributed by atoms with Crippen molar-refractivity contribution in [2.24, 2.45) is 0 Å². The zero-order chi connectivity index (χ0) is 16.1. The molecule has 1 heterocycles. The minimum absolute atomic E-state index is 0.0763. The van der Waals surface area contributed by atoms with Gasteiger partial charge in [0, 0.05) is 23.9 Å². The van der Waals surface area contributed by atoms with E-state index < -0.39 is 0 Å². The quantitative estimate of drug-likeness (QED) is 0.862. The number of aromatic nitrogens is 2. The molecule has 0 aliphatic carbocycles. The number of hydrogen-bond donors (Lipinski definition) is 1. The average Bonchev–Trinajstić information content (AvgIpc) is 2.74. The van der Waals surface area contributed by atoms with Crippen molar-refractivity contribution in [3.63, 3.8) is 0 Å². The summed E-state index contributed by atoms with van der Waals surface area (Å²) in [6.45, 7) is 9.36. The number of carbonyl (C=O) groups is 1. The highest BCUT2D eigenvalue weighted by atomic mass is 16.1. The van der Waals surface area contributed by atoms with E-state index in [0.717, 1.165) is 23.5 Å². The molecule has 1 aromatic heterocycles. The molecule has 116 valence electrons. The van der Waals surface area contributed by atoms with Crippen molar-refractivity contribution in [1.82, 2.24) is 15.1 Å². The van der Waals surface area contributed by atoms with Crippen molar-refractivity contribution in [1.29, 1.82) is 0 Å². The van der Waals surface area contributed by atoms with Crippen molar-refractivity contribution in [3.05, 3.63) is 58.4 Å². The Morgan fingerprint density at radius 1 is 1.23 bits per heavy atom. The second kappa shape index (κ2) is 7.07. The number of nitrogens with one attached hydrogen (secondary N) is 1. The maximum absolute atomic E-state index is 11.5. The molecule has 0 radical (unpaired) electrons. The third-order valence-corrected chi connectivity index (χ3v) is 3.64. The summed E-state index contributed by atoms with van der Waals surface area (Å²) in [7, 11) is 0. The first-order valence-electron chi connectivity index (χ1n) is 7.56. The summed E-state index contributed by atoms with van der Waals surface area (Å²) in [5, 5.41) is 7.34. The van der Waals surface area contributed by atoms with E-state index in [-0.39, 0.29) is 5.91 Å². The Kier molecular flexibility index (Phi) is 5.15. The second-order valence-corrected chi connectivity index (χ2v) is 5.46. The van der Waals surface area contributed by atoms with E-state index in [4.69, 9.17) is 0 Å². The van der Waals surface area contributed by atoms with Gasteiger partial charge in [-0.25, -0.2) is 0 Å². The van der Waals surface area contributed by atoms with Crippen molar-refractivity contribution >= 4 is 12.0 Å². The third kappa shape index (κ3) is 3.85. The number of likely N-dealkylation sites (N-methyl/N-ethyl adjacent to an activating group) is 1. The Bertz CT molecular complexity index is 681. The van der Waals surface area contributed by atoms with Crippen LogP contribution in [-0.4, -0.2) is 22.2 Å². The predicted molar refractivity (Wildman–Crippen MR) is 89.7 cm³/mol. The van der Waals surface area contributed by atoms with Crippen LogP contribution in [0.3, 0.4) is 0 Å². The van der Waals surface area contributed by atoms with E-state index in [1.165, 1.54) is 11.1 Å². The van der Waals surface area contributed by atoms with Crippen LogP contribution in [0.4, 0.5) is 0 Å². The summed E-state index contributed by atoms with van der Waals surface area (Å²) in [5.74, 6) is -0.0763. The van der Waals surface area contributed by atoms with Crippen LogP contribution in [0.25, 0.3) is 6.08 Å². The van der Waals surface area contributed by atoms with E-state index in [2.05, 4.69) is 41.6 Å². The molecule has 2 rings (SSSR count). The number of benzene rings is 1. The molecular formula is C18H23N3O. The molecule has 4 heteroatoms. The number of amides is 1. The molecule has 1 amide bonds. The largest absolute Gasteiger partial charge is 0.353 e. The van der Waals surface area contributed by atoms with Gasteiger partial charge in [0.15, 0.2) is 0 Å². The number of hydrogen-bond acceptors (Lipinski definition) is 2. The van der Waals surface area contributed by atoms with Gasteiger partial charge in [0.05, 0.1) is 12.2 Å². The zero-order valence-corrected chi connectivity index (χ0v) is 13.7. The van der Waals surface area contributed by atoms with Crippen molar-refractivity contribution < 1.29 is 4.79 Å². The first-order chi connectivity index (χ1) is 10.5. The van der Waals surface area contributed by atoms with Gasteiger partial charge in [-0.2, -0.15) is 5.10 Å². The lowest BCUT2D eigenvalue weighted by atomic mass is 10.1. The van der Waals surface area contributed by atoms with Crippen molar-refractivity contribution in [3.8, 4) is 0 Å². The lowest BCUT2D eigenvalue weighted by Crippen LogP contribution is -2.19. The van der Waals surface area contributed by atoms with Gasteiger partial charge in [-0.05, 0) is 39.3 Å². The maximum Gasteiger partial charge on any atom is 0.243 e. The van der Waals surface area contributed by atoms with Crippen LogP contribution in [0.1, 0.15) is 35.0 Å². The standard InChI is InChI=1S/C18H23N3O/c1-5-19-18(22)11-10-17-14(3)20-21(15(17)4)12-16-8-6-13(2)7-9-16/h6-11H,5,12H2,1-4H3,(H,19,22). The van der Waals surface area contributed by atoms with Gasteiger partial charge in [-0.1, -0.05) is 29.8 Å². The molecule has 1 N–H and O–H groups in total. The average molecular weight is 297 g/mol. The van der Waals surface area contributed by atoms with Gasteiger partial charge in [0.2, 0.25) is 5.91 Å². The minimum Gasteiger partial charge on any atom is -0.353 e. The molecule has 0 unspecified atom stereocenters. The summed E-state index contributed by atoms with van der Waals surface area (Å²) in [6, 6.07) is 8.46. The fourth-order valence-corrected chi connectivity index (χ4v) is 2.36. The van der Waals surface area contributed by atoms with E-state index in [1.807, 2.05) is 31.5 Å². The Morgan fingerprint density at radius 3 is 2.55 bits per heavy atom. The highest BCUT2D eigenvalue weighted by molar-refractivity contribution is 5.91. The highest BCUT2D eigenvalue weighted by Crippen LogP contribution is 2.16. The van der Waals surface area contributed by atoms with Crippen molar-refractivity contribution in [2.75, 3.05) is 6.54 Å². The topological polar surface area (TPSA) is 46.9 Å². The molecule has 0 aliphatic heterocycles. The van der Waals surface area contributed by atoms with Crippen LogP contribution in [0.5, 0.6) is 0 Å². The molecule has 0 aliphatic rings. The molecule has 0 atom stereocenters. The second-order valence-electron chi connectivity index (χ2n) is 5.46. The number of carbonyl (C=O) groups excluding carboxylic acids is 1.